The van der Waals surface area contributed by atoms with Crippen molar-refractivity contribution in [1.29, 1.82) is 0 Å². The quantitative estimate of drug-likeness (QED) is 0.781. The van der Waals surface area contributed by atoms with Crippen LogP contribution in [0.25, 0.3) is 11.0 Å². The summed E-state index contributed by atoms with van der Waals surface area (Å²) in [6.07, 6.45) is 2.64. The summed E-state index contributed by atoms with van der Waals surface area (Å²) in [5.41, 5.74) is 2.22. The summed E-state index contributed by atoms with van der Waals surface area (Å²) in [4.78, 5) is 18.3. The molecule has 3 rings (SSSR count). The van der Waals surface area contributed by atoms with Crippen molar-refractivity contribution in [1.82, 2.24) is 20.1 Å². The molecule has 3 aromatic heterocycles. The highest BCUT2D eigenvalue weighted by atomic mass is 32.1. The van der Waals surface area contributed by atoms with Crippen LogP contribution in [0.3, 0.4) is 0 Å². The van der Waals surface area contributed by atoms with E-state index in [1.54, 1.807) is 17.5 Å². The van der Waals surface area contributed by atoms with E-state index in [9.17, 15) is 4.79 Å². The number of hydrogen-bond acceptors (Lipinski definition) is 4. The molecule has 3 heterocycles. The number of aryl methyl sites for hydroxylation is 1. The number of hydrogen-bond donors (Lipinski definition) is 1. The van der Waals surface area contributed by atoms with Gasteiger partial charge in [0, 0.05) is 16.6 Å². The number of fused-ring (bicyclic) bond motifs is 1. The first-order valence-electron chi connectivity index (χ1n) is 7.75. The molecule has 0 bridgehead atoms. The van der Waals surface area contributed by atoms with Crippen LogP contribution in [0.15, 0.2) is 29.8 Å². The van der Waals surface area contributed by atoms with Crippen LogP contribution in [0.4, 0.5) is 0 Å². The molecule has 6 heteroatoms. The van der Waals surface area contributed by atoms with E-state index >= 15 is 0 Å². The Morgan fingerprint density at radius 3 is 3.00 bits per heavy atom. The first-order chi connectivity index (χ1) is 11.1. The van der Waals surface area contributed by atoms with Crippen LogP contribution in [-0.2, 0) is 6.54 Å². The number of amides is 1. The third-order valence-corrected chi connectivity index (χ3v) is 4.72. The van der Waals surface area contributed by atoms with Crippen molar-refractivity contribution in [2.75, 3.05) is 0 Å². The number of thiophene rings is 1. The van der Waals surface area contributed by atoms with E-state index in [0.717, 1.165) is 23.1 Å². The fraction of sp³-hybridized carbons (Fsp3) is 0.353. The number of carbonyl (C=O) groups excluding carboxylic acids is 1. The fourth-order valence-electron chi connectivity index (χ4n) is 2.43. The highest BCUT2D eigenvalue weighted by Crippen LogP contribution is 2.20. The molecule has 0 aromatic carbocycles. The van der Waals surface area contributed by atoms with Crippen LogP contribution < -0.4 is 5.32 Å². The number of pyridine rings is 1. The minimum atomic E-state index is -0.0643. The zero-order valence-corrected chi connectivity index (χ0v) is 14.4. The van der Waals surface area contributed by atoms with Gasteiger partial charge < -0.3 is 5.32 Å². The zero-order chi connectivity index (χ0) is 16.4. The molecule has 0 aliphatic rings. The molecule has 0 saturated carbocycles. The van der Waals surface area contributed by atoms with Gasteiger partial charge in [0.15, 0.2) is 5.65 Å². The second-order valence-corrected chi connectivity index (χ2v) is 6.75. The van der Waals surface area contributed by atoms with E-state index in [2.05, 4.69) is 28.4 Å². The van der Waals surface area contributed by atoms with Gasteiger partial charge in [-0.05, 0) is 37.8 Å². The molecule has 1 atom stereocenters. The number of aromatic nitrogens is 3. The first-order valence-corrected chi connectivity index (χ1v) is 8.63. The van der Waals surface area contributed by atoms with Crippen LogP contribution in [0.1, 0.15) is 41.2 Å². The lowest BCUT2D eigenvalue weighted by atomic mass is 10.1. The van der Waals surface area contributed by atoms with Gasteiger partial charge in [-0.3, -0.25) is 4.79 Å². The maximum Gasteiger partial charge on any atom is 0.252 e. The maximum atomic E-state index is 12.5. The zero-order valence-electron chi connectivity index (χ0n) is 13.5. The van der Waals surface area contributed by atoms with Gasteiger partial charge in [0.25, 0.3) is 5.91 Å². The number of carbonyl (C=O) groups is 1. The van der Waals surface area contributed by atoms with Gasteiger partial charge >= 0.3 is 0 Å². The van der Waals surface area contributed by atoms with E-state index in [0.29, 0.717) is 12.1 Å². The molecular weight excluding hydrogens is 308 g/mol. The molecule has 0 spiro atoms. The minimum Gasteiger partial charge on any atom is -0.350 e. The Balaban J connectivity index is 2.00. The van der Waals surface area contributed by atoms with E-state index in [1.807, 2.05) is 36.0 Å². The van der Waals surface area contributed by atoms with Crippen molar-refractivity contribution in [2.45, 2.75) is 39.8 Å². The van der Waals surface area contributed by atoms with E-state index in [4.69, 9.17) is 0 Å². The third kappa shape index (κ3) is 3.27. The largest absolute Gasteiger partial charge is 0.350 e. The Morgan fingerprint density at radius 2 is 2.30 bits per heavy atom. The summed E-state index contributed by atoms with van der Waals surface area (Å²) in [5, 5.41) is 10.3. The molecule has 1 N–H and O–H groups in total. The molecule has 1 unspecified atom stereocenters. The molecular formula is C17H20N4OS. The Morgan fingerprint density at radius 1 is 1.48 bits per heavy atom. The molecule has 3 aromatic rings. The van der Waals surface area contributed by atoms with Crippen molar-refractivity contribution >= 4 is 28.3 Å². The van der Waals surface area contributed by atoms with Crippen molar-refractivity contribution in [3.63, 3.8) is 0 Å². The van der Waals surface area contributed by atoms with Crippen LogP contribution >= 0.6 is 11.3 Å². The summed E-state index contributed by atoms with van der Waals surface area (Å²) < 4.78 is 1.86. The Bertz CT molecular complexity index is 823. The summed E-state index contributed by atoms with van der Waals surface area (Å²) in [5.74, 6) is -0.0643. The molecule has 0 saturated heterocycles. The topological polar surface area (TPSA) is 59.8 Å². The van der Waals surface area contributed by atoms with Crippen molar-refractivity contribution in [2.24, 2.45) is 0 Å². The lowest BCUT2D eigenvalue weighted by molar-refractivity contribution is 0.0941. The van der Waals surface area contributed by atoms with Gasteiger partial charge in [-0.25, -0.2) is 9.67 Å². The second kappa shape index (κ2) is 6.50. The number of nitrogens with one attached hydrogen (secondary N) is 1. The summed E-state index contributed by atoms with van der Waals surface area (Å²) in [6, 6.07) is 6.07. The second-order valence-electron chi connectivity index (χ2n) is 5.71. The lowest BCUT2D eigenvalue weighted by Gasteiger charge is -2.12. The van der Waals surface area contributed by atoms with Gasteiger partial charge in [0.1, 0.15) is 0 Å². The van der Waals surface area contributed by atoms with Crippen LogP contribution in [0.5, 0.6) is 0 Å². The monoisotopic (exact) mass is 328 g/mol. The predicted molar refractivity (Wildman–Crippen MR) is 92.9 cm³/mol. The average molecular weight is 328 g/mol. The van der Waals surface area contributed by atoms with E-state index in [1.165, 1.54) is 4.88 Å². The molecule has 0 fully saturated rings. The smallest absolute Gasteiger partial charge is 0.252 e. The van der Waals surface area contributed by atoms with Crippen LogP contribution in [0, 0.1) is 6.92 Å². The van der Waals surface area contributed by atoms with E-state index in [-0.39, 0.29) is 11.9 Å². The Hall–Kier alpha value is -2.21. The van der Waals surface area contributed by atoms with Crippen LogP contribution in [-0.4, -0.2) is 26.7 Å². The first kappa shape index (κ1) is 15.7. The molecule has 0 aliphatic carbocycles. The van der Waals surface area contributed by atoms with Gasteiger partial charge in [-0.1, -0.05) is 13.0 Å². The predicted octanol–water partition coefficient (Wildman–Crippen LogP) is 3.38. The maximum absolute atomic E-state index is 12.5. The number of nitrogens with zero attached hydrogens (tertiary/aromatic N) is 3. The summed E-state index contributed by atoms with van der Waals surface area (Å²) >= 11 is 1.69. The molecule has 5 nitrogen and oxygen atoms in total. The van der Waals surface area contributed by atoms with Crippen molar-refractivity contribution < 1.29 is 4.79 Å². The van der Waals surface area contributed by atoms with Gasteiger partial charge in [0.05, 0.1) is 23.7 Å². The lowest BCUT2D eigenvalue weighted by Crippen LogP contribution is -2.32. The Labute approximate surface area is 139 Å². The highest BCUT2D eigenvalue weighted by Gasteiger charge is 2.17. The van der Waals surface area contributed by atoms with Crippen LogP contribution in [0.2, 0.25) is 0 Å². The van der Waals surface area contributed by atoms with Crippen molar-refractivity contribution in [3.05, 3.63) is 45.9 Å². The normalized spacial score (nSPS) is 12.5. The summed E-state index contributed by atoms with van der Waals surface area (Å²) in [6.45, 7) is 6.63. The number of rotatable bonds is 5. The Kier molecular flexibility index (Phi) is 4.43. The average Bonchev–Trinajstić information content (AvgIpc) is 3.17. The fourth-order valence-corrected chi connectivity index (χ4v) is 3.12. The van der Waals surface area contributed by atoms with Crippen molar-refractivity contribution in [3.8, 4) is 0 Å². The van der Waals surface area contributed by atoms with Gasteiger partial charge in [-0.2, -0.15) is 5.10 Å². The standard InChI is InChI=1S/C17H20N4OS/c1-4-11(2)20-17(22)14-8-12(3)19-16-15(14)9-18-21(16)10-13-6-5-7-23-13/h5-9,11H,4,10H2,1-3H3,(H,20,22). The van der Waals surface area contributed by atoms with Gasteiger partial charge in [-0.15, -0.1) is 11.3 Å². The minimum absolute atomic E-state index is 0.0643. The van der Waals surface area contributed by atoms with E-state index < -0.39 is 0 Å². The highest BCUT2D eigenvalue weighted by molar-refractivity contribution is 7.09. The molecule has 0 radical (unpaired) electrons. The molecule has 0 aliphatic heterocycles. The molecule has 120 valence electrons. The molecule has 1 amide bonds. The van der Waals surface area contributed by atoms with Gasteiger partial charge in [0.2, 0.25) is 0 Å². The third-order valence-electron chi connectivity index (χ3n) is 3.86. The SMILES string of the molecule is CCC(C)NC(=O)c1cc(C)nc2c1cnn2Cc1cccs1. The molecule has 23 heavy (non-hydrogen) atoms. The summed E-state index contributed by atoms with van der Waals surface area (Å²) in [7, 11) is 0.